The Morgan fingerprint density at radius 2 is 1.80 bits per heavy atom. The zero-order valence-electron chi connectivity index (χ0n) is 13.5. The van der Waals surface area contributed by atoms with E-state index < -0.39 is 17.4 Å². The highest BCUT2D eigenvalue weighted by atomic mass is 35.5. The predicted octanol–water partition coefficient (Wildman–Crippen LogP) is 4.17. The maximum Gasteiger partial charge on any atom is 0.329 e. The molecule has 0 unspecified atom stereocenters. The second-order valence-corrected chi connectivity index (χ2v) is 7.79. The fourth-order valence-electron chi connectivity index (χ4n) is 3.16. The lowest BCUT2D eigenvalue weighted by Crippen LogP contribution is -2.55. The van der Waals surface area contributed by atoms with Crippen LogP contribution >= 0.6 is 22.9 Å². The minimum atomic E-state index is -1.19. The summed E-state index contributed by atoms with van der Waals surface area (Å²) in [6.45, 7) is 0. The van der Waals surface area contributed by atoms with Gasteiger partial charge in [0.2, 0.25) is 0 Å². The van der Waals surface area contributed by atoms with E-state index in [1.807, 2.05) is 12.1 Å². The molecule has 132 valence electrons. The van der Waals surface area contributed by atoms with Gasteiger partial charge in [0.15, 0.2) is 0 Å². The fourth-order valence-corrected chi connectivity index (χ4v) is 4.27. The van der Waals surface area contributed by atoms with Crippen molar-refractivity contribution in [3.63, 3.8) is 0 Å². The Bertz CT molecular complexity index is 795. The number of nitrogens with two attached hydrogens (primary N) is 1. The van der Waals surface area contributed by atoms with Crippen LogP contribution in [0.3, 0.4) is 0 Å². The molecule has 1 heterocycles. The molecule has 1 aliphatic carbocycles. The van der Waals surface area contributed by atoms with Gasteiger partial charge in [0.25, 0.3) is 5.91 Å². The number of benzene rings is 1. The molecule has 0 saturated heterocycles. The summed E-state index contributed by atoms with van der Waals surface area (Å²) in [5.41, 5.74) is 6.08. The zero-order valence-corrected chi connectivity index (χ0v) is 15.1. The minimum absolute atomic E-state index is 0.344. The van der Waals surface area contributed by atoms with E-state index in [-0.39, 0.29) is 0 Å². The summed E-state index contributed by atoms with van der Waals surface area (Å²) in [5, 5.41) is 13.0. The lowest BCUT2D eigenvalue weighted by molar-refractivity contribution is -0.145. The molecular formula is C18H19ClN2O3S. The molecule has 0 spiro atoms. The van der Waals surface area contributed by atoms with Gasteiger partial charge < -0.3 is 16.2 Å². The van der Waals surface area contributed by atoms with Crippen LogP contribution in [0.2, 0.25) is 5.02 Å². The topological polar surface area (TPSA) is 92.4 Å². The molecule has 1 aliphatic rings. The second kappa shape index (κ2) is 7.06. The number of amides is 1. The van der Waals surface area contributed by atoms with Gasteiger partial charge in [-0.1, -0.05) is 43.0 Å². The van der Waals surface area contributed by atoms with E-state index in [4.69, 9.17) is 17.3 Å². The monoisotopic (exact) mass is 378 g/mol. The molecule has 4 N–H and O–H groups in total. The van der Waals surface area contributed by atoms with Crippen LogP contribution in [-0.4, -0.2) is 22.5 Å². The number of carboxylic acids is 1. The van der Waals surface area contributed by atoms with E-state index in [1.165, 1.54) is 11.3 Å². The van der Waals surface area contributed by atoms with E-state index >= 15 is 0 Å². The first kappa shape index (κ1) is 17.8. The lowest BCUT2D eigenvalue weighted by Gasteiger charge is -2.33. The first-order chi connectivity index (χ1) is 11.9. The van der Waals surface area contributed by atoms with Crippen molar-refractivity contribution in [2.75, 3.05) is 5.73 Å². The largest absolute Gasteiger partial charge is 0.480 e. The first-order valence-electron chi connectivity index (χ1n) is 8.12. The number of hydrogen-bond donors (Lipinski definition) is 3. The second-order valence-electron chi connectivity index (χ2n) is 6.30. The van der Waals surface area contributed by atoms with Crippen molar-refractivity contribution in [1.29, 1.82) is 0 Å². The number of rotatable bonds is 4. The summed E-state index contributed by atoms with van der Waals surface area (Å²) in [5.74, 6) is -1.40. The van der Waals surface area contributed by atoms with Crippen LogP contribution in [0.4, 0.5) is 5.69 Å². The number of aliphatic carboxylic acids is 1. The van der Waals surface area contributed by atoms with Gasteiger partial charge in [-0.15, -0.1) is 11.3 Å². The van der Waals surface area contributed by atoms with E-state index in [9.17, 15) is 14.7 Å². The zero-order chi connectivity index (χ0) is 18.0. The van der Waals surface area contributed by atoms with Gasteiger partial charge in [0.05, 0.1) is 5.69 Å². The summed E-state index contributed by atoms with van der Waals surface area (Å²) in [4.78, 5) is 25.6. The quantitative estimate of drug-likeness (QED) is 0.744. The van der Waals surface area contributed by atoms with Crippen LogP contribution in [0.5, 0.6) is 0 Å². The van der Waals surface area contributed by atoms with Crippen LogP contribution in [0.1, 0.15) is 41.8 Å². The highest BCUT2D eigenvalue weighted by molar-refractivity contribution is 7.18. The smallest absolute Gasteiger partial charge is 0.329 e. The van der Waals surface area contributed by atoms with Crippen LogP contribution in [0, 0.1) is 0 Å². The molecule has 0 aliphatic heterocycles. The number of anilines is 1. The molecule has 0 radical (unpaired) electrons. The van der Waals surface area contributed by atoms with E-state index in [0.717, 1.165) is 29.7 Å². The summed E-state index contributed by atoms with van der Waals surface area (Å²) >= 11 is 7.15. The Morgan fingerprint density at radius 1 is 1.16 bits per heavy atom. The van der Waals surface area contributed by atoms with E-state index in [2.05, 4.69) is 5.32 Å². The third-order valence-electron chi connectivity index (χ3n) is 4.57. The number of halogens is 1. The third kappa shape index (κ3) is 3.65. The van der Waals surface area contributed by atoms with Crippen molar-refractivity contribution >= 4 is 40.5 Å². The molecule has 1 aromatic carbocycles. The highest BCUT2D eigenvalue weighted by Gasteiger charge is 2.41. The van der Waals surface area contributed by atoms with Crippen LogP contribution in [-0.2, 0) is 4.79 Å². The Kier molecular flexibility index (Phi) is 5.01. The number of nitrogens with one attached hydrogen (secondary N) is 1. The first-order valence-corrected chi connectivity index (χ1v) is 9.32. The van der Waals surface area contributed by atoms with Crippen molar-refractivity contribution in [1.82, 2.24) is 5.32 Å². The normalized spacial score (nSPS) is 16.4. The standard InChI is InChI=1S/C18H19ClN2O3S/c19-12-6-4-11(5-7-12)14-10-13(20)15(25-14)16(22)21-18(17(23)24)8-2-1-3-9-18/h4-7,10H,1-3,8-9,20H2,(H,21,22)(H,23,24). The average molecular weight is 379 g/mol. The fraction of sp³-hybridized carbons (Fsp3) is 0.333. The maximum absolute atomic E-state index is 12.7. The lowest BCUT2D eigenvalue weighted by atomic mass is 9.81. The summed E-state index contributed by atoms with van der Waals surface area (Å²) < 4.78 is 0. The Hall–Kier alpha value is -2.05. The Morgan fingerprint density at radius 3 is 2.40 bits per heavy atom. The van der Waals surface area contributed by atoms with Crippen LogP contribution in [0.15, 0.2) is 30.3 Å². The predicted molar refractivity (Wildman–Crippen MR) is 100 cm³/mol. The molecule has 1 saturated carbocycles. The van der Waals surface area contributed by atoms with Gasteiger partial charge in [-0.05, 0) is 36.6 Å². The molecule has 3 rings (SSSR count). The molecule has 5 nitrogen and oxygen atoms in total. The van der Waals surface area contributed by atoms with Gasteiger partial charge in [-0.3, -0.25) is 4.79 Å². The van der Waals surface area contributed by atoms with E-state index in [0.29, 0.717) is 28.4 Å². The number of nitrogen functional groups attached to an aromatic ring is 1. The summed E-state index contributed by atoms with van der Waals surface area (Å²) in [6.07, 6.45) is 3.48. The molecule has 1 aromatic heterocycles. The molecule has 7 heteroatoms. The number of thiophene rings is 1. The summed E-state index contributed by atoms with van der Waals surface area (Å²) in [6, 6.07) is 8.99. The molecule has 25 heavy (non-hydrogen) atoms. The molecule has 1 fully saturated rings. The maximum atomic E-state index is 12.7. The average Bonchev–Trinajstić information content (AvgIpc) is 2.98. The van der Waals surface area contributed by atoms with Crippen molar-refractivity contribution < 1.29 is 14.7 Å². The van der Waals surface area contributed by atoms with Gasteiger partial charge in [-0.25, -0.2) is 4.79 Å². The molecular weight excluding hydrogens is 360 g/mol. The van der Waals surface area contributed by atoms with Crippen LogP contribution < -0.4 is 11.1 Å². The van der Waals surface area contributed by atoms with E-state index in [1.54, 1.807) is 18.2 Å². The SMILES string of the molecule is Nc1cc(-c2ccc(Cl)cc2)sc1C(=O)NC1(C(=O)O)CCCCC1. The molecule has 2 aromatic rings. The van der Waals surface area contributed by atoms with Crippen molar-refractivity contribution in [2.24, 2.45) is 0 Å². The Labute approximate surface area is 154 Å². The van der Waals surface area contributed by atoms with Gasteiger partial charge >= 0.3 is 5.97 Å². The minimum Gasteiger partial charge on any atom is -0.480 e. The van der Waals surface area contributed by atoms with Crippen LogP contribution in [0.25, 0.3) is 10.4 Å². The molecule has 0 atom stereocenters. The van der Waals surface area contributed by atoms with Gasteiger partial charge in [0, 0.05) is 9.90 Å². The van der Waals surface area contributed by atoms with Gasteiger partial charge in [-0.2, -0.15) is 0 Å². The number of carbonyl (C=O) groups excluding carboxylic acids is 1. The number of hydrogen-bond acceptors (Lipinski definition) is 4. The van der Waals surface area contributed by atoms with Crippen molar-refractivity contribution in [3.05, 3.63) is 40.2 Å². The van der Waals surface area contributed by atoms with Crippen molar-refractivity contribution in [2.45, 2.75) is 37.6 Å². The van der Waals surface area contributed by atoms with Gasteiger partial charge in [0.1, 0.15) is 10.4 Å². The highest BCUT2D eigenvalue weighted by Crippen LogP contribution is 2.35. The molecule has 0 bridgehead atoms. The Balaban J connectivity index is 1.85. The summed E-state index contributed by atoms with van der Waals surface area (Å²) in [7, 11) is 0. The number of carbonyl (C=O) groups is 2. The third-order valence-corrected chi connectivity index (χ3v) is 6.02. The molecule has 1 amide bonds. The number of carboxylic acid groups (broad SMARTS) is 1. The van der Waals surface area contributed by atoms with Crippen molar-refractivity contribution in [3.8, 4) is 10.4 Å².